The van der Waals surface area contributed by atoms with E-state index in [9.17, 15) is 9.59 Å². The van der Waals surface area contributed by atoms with Crippen LogP contribution in [0, 0.1) is 6.92 Å². The van der Waals surface area contributed by atoms with E-state index < -0.39 is 0 Å². The number of rotatable bonds is 7. The number of methoxy groups -OCH3 is 1. The van der Waals surface area contributed by atoms with Gasteiger partial charge in [0, 0.05) is 10.4 Å². The maximum atomic E-state index is 13.0. The third-order valence-corrected chi connectivity index (χ3v) is 5.50. The first-order valence-electron chi connectivity index (χ1n) is 9.55. The van der Waals surface area contributed by atoms with Crippen molar-refractivity contribution in [3.05, 3.63) is 93.3 Å². The van der Waals surface area contributed by atoms with E-state index in [2.05, 4.69) is 10.6 Å². The van der Waals surface area contributed by atoms with Crippen molar-refractivity contribution < 1.29 is 14.3 Å². The summed E-state index contributed by atoms with van der Waals surface area (Å²) < 4.78 is 5.13. The lowest BCUT2D eigenvalue weighted by Crippen LogP contribution is -2.36. The Kier molecular flexibility index (Phi) is 7.03. The van der Waals surface area contributed by atoms with Gasteiger partial charge in [0.15, 0.2) is 0 Å². The van der Waals surface area contributed by atoms with Gasteiger partial charge in [0.25, 0.3) is 11.8 Å². The van der Waals surface area contributed by atoms with Crippen LogP contribution >= 0.6 is 11.3 Å². The van der Waals surface area contributed by atoms with E-state index in [0.717, 1.165) is 16.0 Å². The number of benzene rings is 2. The number of carbonyl (C=O) groups excluding carboxylic acids is 2. The van der Waals surface area contributed by atoms with Crippen molar-refractivity contribution in [1.82, 2.24) is 10.6 Å². The molecule has 0 spiro atoms. The minimum atomic E-state index is -0.362. The molecule has 3 aromatic rings. The van der Waals surface area contributed by atoms with Crippen LogP contribution in [0.2, 0.25) is 0 Å². The van der Waals surface area contributed by atoms with Gasteiger partial charge in [0.1, 0.15) is 11.4 Å². The fourth-order valence-electron chi connectivity index (χ4n) is 3.04. The molecule has 2 aromatic carbocycles. The van der Waals surface area contributed by atoms with Gasteiger partial charge in [-0.2, -0.15) is 0 Å². The van der Waals surface area contributed by atoms with E-state index in [0.29, 0.717) is 11.3 Å². The summed E-state index contributed by atoms with van der Waals surface area (Å²) in [4.78, 5) is 26.6. The van der Waals surface area contributed by atoms with E-state index >= 15 is 0 Å². The largest absolute Gasteiger partial charge is 0.497 e. The molecule has 5 nitrogen and oxygen atoms in total. The van der Waals surface area contributed by atoms with Crippen LogP contribution in [-0.2, 0) is 4.79 Å². The number of thiophene rings is 1. The first-order valence-corrected chi connectivity index (χ1v) is 10.4. The number of nitrogens with one attached hydrogen (secondary N) is 2. The average molecular weight is 421 g/mol. The fourth-order valence-corrected chi connectivity index (χ4v) is 3.69. The molecule has 0 saturated carbocycles. The molecular formula is C24H24N2O3S. The minimum Gasteiger partial charge on any atom is -0.497 e. The molecule has 0 unspecified atom stereocenters. The summed E-state index contributed by atoms with van der Waals surface area (Å²) in [5, 5.41) is 7.66. The number of aryl methyl sites for hydroxylation is 1. The van der Waals surface area contributed by atoms with Crippen LogP contribution < -0.4 is 15.4 Å². The van der Waals surface area contributed by atoms with E-state index in [4.69, 9.17) is 4.74 Å². The molecule has 1 aromatic heterocycles. The van der Waals surface area contributed by atoms with Crippen LogP contribution in [0.1, 0.15) is 39.3 Å². The SMILES string of the molecule is COc1ccc(C(=O)N/C(=C\c2cccs2)C(=O)N[C@@H](C)c2ccccc2C)cc1. The van der Waals surface area contributed by atoms with Crippen LogP contribution in [-0.4, -0.2) is 18.9 Å². The quantitative estimate of drug-likeness (QED) is 0.544. The fraction of sp³-hybridized carbons (Fsp3) is 0.167. The van der Waals surface area contributed by atoms with Crippen molar-refractivity contribution in [3.8, 4) is 5.75 Å². The number of carbonyl (C=O) groups is 2. The van der Waals surface area contributed by atoms with E-state index in [1.54, 1.807) is 37.5 Å². The summed E-state index contributed by atoms with van der Waals surface area (Å²) in [5.74, 6) is -0.0501. The number of amides is 2. The Morgan fingerprint density at radius 3 is 2.40 bits per heavy atom. The predicted octanol–water partition coefficient (Wildman–Crippen LogP) is 4.71. The number of hydrogen-bond acceptors (Lipinski definition) is 4. The molecule has 1 heterocycles. The highest BCUT2D eigenvalue weighted by molar-refractivity contribution is 7.10. The molecule has 0 saturated heterocycles. The zero-order valence-electron chi connectivity index (χ0n) is 17.1. The van der Waals surface area contributed by atoms with Gasteiger partial charge in [-0.25, -0.2) is 0 Å². The summed E-state index contributed by atoms with van der Waals surface area (Å²) >= 11 is 1.49. The van der Waals surface area contributed by atoms with Gasteiger partial charge in [-0.1, -0.05) is 30.3 Å². The van der Waals surface area contributed by atoms with Gasteiger partial charge >= 0.3 is 0 Å². The predicted molar refractivity (Wildman–Crippen MR) is 120 cm³/mol. The van der Waals surface area contributed by atoms with Crippen LogP contribution in [0.25, 0.3) is 6.08 Å². The molecule has 2 N–H and O–H groups in total. The Labute approximate surface area is 180 Å². The summed E-state index contributed by atoms with van der Waals surface area (Å²) in [5.41, 5.74) is 2.76. The van der Waals surface area contributed by atoms with Crippen molar-refractivity contribution >= 4 is 29.2 Å². The maximum absolute atomic E-state index is 13.0. The highest BCUT2D eigenvalue weighted by Crippen LogP contribution is 2.19. The molecule has 3 rings (SSSR count). The van der Waals surface area contributed by atoms with Gasteiger partial charge in [0.2, 0.25) is 0 Å². The van der Waals surface area contributed by atoms with Crippen molar-refractivity contribution in [2.24, 2.45) is 0 Å². The first-order chi connectivity index (χ1) is 14.5. The Balaban J connectivity index is 1.80. The lowest BCUT2D eigenvalue weighted by Gasteiger charge is -2.18. The highest BCUT2D eigenvalue weighted by atomic mass is 32.1. The Morgan fingerprint density at radius 1 is 1.03 bits per heavy atom. The average Bonchev–Trinajstić information content (AvgIpc) is 3.26. The van der Waals surface area contributed by atoms with Crippen LogP contribution in [0.5, 0.6) is 5.75 Å². The summed E-state index contributed by atoms with van der Waals surface area (Å²) in [7, 11) is 1.57. The molecule has 0 radical (unpaired) electrons. The molecule has 0 bridgehead atoms. The lowest BCUT2D eigenvalue weighted by molar-refractivity contribution is -0.118. The zero-order chi connectivity index (χ0) is 21.5. The van der Waals surface area contributed by atoms with Gasteiger partial charge in [-0.3, -0.25) is 9.59 Å². The minimum absolute atomic E-state index is 0.193. The molecule has 6 heteroatoms. The van der Waals surface area contributed by atoms with Gasteiger partial charge in [-0.05, 0) is 66.8 Å². The number of hydrogen-bond donors (Lipinski definition) is 2. The van der Waals surface area contributed by atoms with Gasteiger partial charge < -0.3 is 15.4 Å². The monoisotopic (exact) mass is 420 g/mol. The summed E-state index contributed by atoms with van der Waals surface area (Å²) in [6, 6.07) is 18.2. The lowest BCUT2D eigenvalue weighted by atomic mass is 10.0. The smallest absolute Gasteiger partial charge is 0.268 e. The van der Waals surface area contributed by atoms with E-state index in [-0.39, 0.29) is 23.6 Å². The molecule has 154 valence electrons. The van der Waals surface area contributed by atoms with Crippen LogP contribution in [0.3, 0.4) is 0 Å². The second kappa shape index (κ2) is 9.89. The second-order valence-corrected chi connectivity index (χ2v) is 7.79. The van der Waals surface area contributed by atoms with Crippen molar-refractivity contribution in [3.63, 3.8) is 0 Å². The van der Waals surface area contributed by atoms with Crippen LogP contribution in [0.15, 0.2) is 71.7 Å². The molecule has 2 amide bonds. The highest BCUT2D eigenvalue weighted by Gasteiger charge is 2.18. The molecule has 1 atom stereocenters. The van der Waals surface area contributed by atoms with Crippen LogP contribution in [0.4, 0.5) is 0 Å². The molecule has 0 aliphatic heterocycles. The van der Waals surface area contributed by atoms with Crippen molar-refractivity contribution in [2.75, 3.05) is 7.11 Å². The summed E-state index contributed by atoms with van der Waals surface area (Å²) in [6.07, 6.45) is 1.69. The Morgan fingerprint density at radius 2 is 1.77 bits per heavy atom. The molecular weight excluding hydrogens is 396 g/mol. The maximum Gasteiger partial charge on any atom is 0.268 e. The molecule has 30 heavy (non-hydrogen) atoms. The normalized spacial score (nSPS) is 12.2. The van der Waals surface area contributed by atoms with Gasteiger partial charge in [0.05, 0.1) is 13.2 Å². The zero-order valence-corrected chi connectivity index (χ0v) is 18.0. The molecule has 0 fully saturated rings. The first kappa shape index (κ1) is 21.3. The third-order valence-electron chi connectivity index (χ3n) is 4.68. The van der Waals surface area contributed by atoms with E-state index in [1.165, 1.54) is 11.3 Å². The topological polar surface area (TPSA) is 67.4 Å². The third kappa shape index (κ3) is 5.36. The summed E-state index contributed by atoms with van der Waals surface area (Å²) in [6.45, 7) is 3.93. The second-order valence-electron chi connectivity index (χ2n) is 6.81. The van der Waals surface area contributed by atoms with Crippen molar-refractivity contribution in [2.45, 2.75) is 19.9 Å². The molecule has 0 aliphatic carbocycles. The Hall–Kier alpha value is -3.38. The van der Waals surface area contributed by atoms with Gasteiger partial charge in [-0.15, -0.1) is 11.3 Å². The standard InChI is InChI=1S/C24H24N2O3S/c1-16-7-4-5-9-21(16)17(2)25-24(28)22(15-20-8-6-14-30-20)26-23(27)18-10-12-19(29-3)13-11-18/h4-15,17H,1-3H3,(H,25,28)(H,26,27)/b22-15-/t17-/m0/s1. The van der Waals surface area contributed by atoms with Crippen molar-refractivity contribution in [1.29, 1.82) is 0 Å². The number of ether oxygens (including phenoxy) is 1. The molecule has 0 aliphatic rings. The Bertz CT molecular complexity index is 1040. The van der Waals surface area contributed by atoms with E-state index in [1.807, 2.05) is 55.6 Å².